The first kappa shape index (κ1) is 18.3. The minimum Gasteiger partial charge on any atom is -1.00 e. The standard InChI is InChI=1S/C16H17ClN2O2.ClH/c17-14-6-7-15(21-11-16(18)20)13(8-14)10-19-9-12-4-2-1-3-5-12;/h1-8,19H,9-11H2,(H2,18,20);1H/p-1. The van der Waals surface area contributed by atoms with Crippen LogP contribution in [-0.2, 0) is 17.9 Å². The fourth-order valence-corrected chi connectivity index (χ4v) is 2.11. The third-order valence-corrected chi connectivity index (χ3v) is 3.11. The van der Waals surface area contributed by atoms with Gasteiger partial charge in [0.25, 0.3) is 5.91 Å². The van der Waals surface area contributed by atoms with Crippen LogP contribution < -0.4 is 28.2 Å². The molecule has 118 valence electrons. The lowest BCUT2D eigenvalue weighted by Gasteiger charge is -2.12. The summed E-state index contributed by atoms with van der Waals surface area (Å²) in [4.78, 5) is 10.8. The Morgan fingerprint density at radius 3 is 2.55 bits per heavy atom. The van der Waals surface area contributed by atoms with E-state index in [-0.39, 0.29) is 19.0 Å². The number of hydrogen-bond donors (Lipinski definition) is 2. The van der Waals surface area contributed by atoms with E-state index in [2.05, 4.69) is 17.4 Å². The van der Waals surface area contributed by atoms with Crippen LogP contribution in [0.25, 0.3) is 0 Å². The molecule has 0 aliphatic heterocycles. The van der Waals surface area contributed by atoms with Crippen molar-refractivity contribution in [1.82, 2.24) is 5.32 Å². The normalized spacial score (nSPS) is 9.86. The number of carbonyl (C=O) groups is 1. The van der Waals surface area contributed by atoms with Gasteiger partial charge < -0.3 is 28.2 Å². The van der Waals surface area contributed by atoms with Crippen LogP contribution in [0, 0.1) is 0 Å². The zero-order chi connectivity index (χ0) is 15.1. The maximum absolute atomic E-state index is 10.8. The Labute approximate surface area is 141 Å². The molecule has 3 N–H and O–H groups in total. The highest BCUT2D eigenvalue weighted by Gasteiger charge is 2.06. The lowest BCUT2D eigenvalue weighted by Crippen LogP contribution is -3.00. The summed E-state index contributed by atoms with van der Waals surface area (Å²) in [6.07, 6.45) is 0. The molecule has 2 aromatic rings. The first-order valence-corrected chi connectivity index (χ1v) is 6.97. The number of nitrogens with one attached hydrogen (secondary N) is 1. The molecule has 22 heavy (non-hydrogen) atoms. The van der Waals surface area contributed by atoms with Gasteiger partial charge in [-0.1, -0.05) is 41.9 Å². The fraction of sp³-hybridized carbons (Fsp3) is 0.188. The van der Waals surface area contributed by atoms with E-state index in [0.29, 0.717) is 17.3 Å². The van der Waals surface area contributed by atoms with E-state index in [0.717, 1.165) is 12.1 Å². The number of halogens is 2. The summed E-state index contributed by atoms with van der Waals surface area (Å²) in [7, 11) is 0. The lowest BCUT2D eigenvalue weighted by molar-refractivity contribution is -0.119. The van der Waals surface area contributed by atoms with E-state index >= 15 is 0 Å². The molecule has 4 nitrogen and oxygen atoms in total. The molecule has 0 aromatic heterocycles. The minimum absolute atomic E-state index is 0. The molecule has 0 spiro atoms. The second kappa shape index (κ2) is 9.30. The van der Waals surface area contributed by atoms with Gasteiger partial charge in [-0.15, -0.1) is 0 Å². The fourth-order valence-electron chi connectivity index (χ4n) is 1.91. The Morgan fingerprint density at radius 1 is 1.14 bits per heavy atom. The van der Waals surface area contributed by atoms with Crippen LogP contribution in [0.5, 0.6) is 5.75 Å². The van der Waals surface area contributed by atoms with E-state index in [1.54, 1.807) is 12.1 Å². The molecule has 6 heteroatoms. The molecular formula is C16H17Cl2N2O2-. The van der Waals surface area contributed by atoms with Crippen molar-refractivity contribution in [3.8, 4) is 5.75 Å². The Morgan fingerprint density at radius 2 is 1.86 bits per heavy atom. The number of carbonyl (C=O) groups excluding carboxylic acids is 1. The van der Waals surface area contributed by atoms with Gasteiger partial charge in [-0.3, -0.25) is 4.79 Å². The van der Waals surface area contributed by atoms with Crippen molar-refractivity contribution in [1.29, 1.82) is 0 Å². The van der Waals surface area contributed by atoms with Gasteiger partial charge in [-0.05, 0) is 23.8 Å². The lowest BCUT2D eigenvalue weighted by atomic mass is 10.2. The van der Waals surface area contributed by atoms with Crippen molar-refractivity contribution in [3.05, 3.63) is 64.7 Å². The first-order valence-electron chi connectivity index (χ1n) is 6.59. The van der Waals surface area contributed by atoms with E-state index in [1.165, 1.54) is 5.56 Å². The number of primary amides is 1. The molecular weight excluding hydrogens is 323 g/mol. The third-order valence-electron chi connectivity index (χ3n) is 2.88. The van der Waals surface area contributed by atoms with Gasteiger partial charge in [0.15, 0.2) is 6.61 Å². The number of amides is 1. The van der Waals surface area contributed by atoms with Crippen LogP contribution in [0.4, 0.5) is 0 Å². The van der Waals surface area contributed by atoms with Crippen LogP contribution in [0.1, 0.15) is 11.1 Å². The number of hydrogen-bond acceptors (Lipinski definition) is 3. The SMILES string of the molecule is NC(=O)COc1ccc(Cl)cc1CNCc1ccccc1.[Cl-]. The predicted molar refractivity (Wildman–Crippen MR) is 83.1 cm³/mol. The Kier molecular flexibility index (Phi) is 7.74. The van der Waals surface area contributed by atoms with Gasteiger partial charge in [-0.25, -0.2) is 0 Å². The van der Waals surface area contributed by atoms with Crippen molar-refractivity contribution >= 4 is 17.5 Å². The summed E-state index contributed by atoms with van der Waals surface area (Å²) in [6.45, 7) is 1.18. The molecule has 0 aliphatic rings. The molecule has 0 fully saturated rings. The van der Waals surface area contributed by atoms with E-state index in [4.69, 9.17) is 22.1 Å². The van der Waals surface area contributed by atoms with Gasteiger partial charge in [0.05, 0.1) is 0 Å². The highest BCUT2D eigenvalue weighted by molar-refractivity contribution is 6.30. The Hall–Kier alpha value is -1.75. The smallest absolute Gasteiger partial charge is 0.255 e. The van der Waals surface area contributed by atoms with Crippen molar-refractivity contribution in [3.63, 3.8) is 0 Å². The predicted octanol–water partition coefficient (Wildman–Crippen LogP) is -0.502. The maximum Gasteiger partial charge on any atom is 0.255 e. The number of benzene rings is 2. The Balaban J connectivity index is 0.00000242. The molecule has 0 heterocycles. The largest absolute Gasteiger partial charge is 1.00 e. The monoisotopic (exact) mass is 339 g/mol. The van der Waals surface area contributed by atoms with Crippen molar-refractivity contribution in [2.75, 3.05) is 6.61 Å². The van der Waals surface area contributed by atoms with Crippen molar-refractivity contribution in [2.45, 2.75) is 13.1 Å². The van der Waals surface area contributed by atoms with Crippen LogP contribution in [-0.4, -0.2) is 12.5 Å². The van der Waals surface area contributed by atoms with E-state index in [9.17, 15) is 4.79 Å². The summed E-state index contributed by atoms with van der Waals surface area (Å²) in [5, 5.41) is 3.94. The van der Waals surface area contributed by atoms with Crippen LogP contribution in [0.3, 0.4) is 0 Å². The van der Waals surface area contributed by atoms with Gasteiger partial charge in [0.1, 0.15) is 5.75 Å². The molecule has 0 bridgehead atoms. The van der Waals surface area contributed by atoms with Gasteiger partial charge >= 0.3 is 0 Å². The number of ether oxygens (including phenoxy) is 1. The summed E-state index contributed by atoms with van der Waals surface area (Å²) in [5.74, 6) is 0.104. The van der Waals surface area contributed by atoms with E-state index < -0.39 is 5.91 Å². The molecule has 0 radical (unpaired) electrons. The Bertz CT molecular complexity index is 606. The zero-order valence-corrected chi connectivity index (χ0v) is 13.4. The van der Waals surface area contributed by atoms with Crippen molar-refractivity contribution in [2.24, 2.45) is 5.73 Å². The molecule has 0 saturated heterocycles. The van der Waals surface area contributed by atoms with Gasteiger partial charge in [0, 0.05) is 23.7 Å². The summed E-state index contributed by atoms with van der Waals surface area (Å²) < 4.78 is 5.38. The second-order valence-electron chi connectivity index (χ2n) is 4.60. The average Bonchev–Trinajstić information content (AvgIpc) is 2.47. The second-order valence-corrected chi connectivity index (χ2v) is 5.03. The number of nitrogens with two attached hydrogens (primary N) is 1. The average molecular weight is 340 g/mol. The summed E-state index contributed by atoms with van der Waals surface area (Å²) in [6, 6.07) is 15.4. The molecule has 2 aromatic carbocycles. The number of rotatable bonds is 7. The van der Waals surface area contributed by atoms with Crippen molar-refractivity contribution < 1.29 is 21.9 Å². The molecule has 1 amide bonds. The third kappa shape index (κ3) is 5.93. The van der Waals surface area contributed by atoms with E-state index in [1.807, 2.05) is 24.3 Å². The highest BCUT2D eigenvalue weighted by Crippen LogP contribution is 2.23. The van der Waals surface area contributed by atoms with Crippen LogP contribution in [0.2, 0.25) is 5.02 Å². The highest BCUT2D eigenvalue weighted by atomic mass is 35.5. The summed E-state index contributed by atoms with van der Waals surface area (Å²) in [5.41, 5.74) is 7.17. The molecule has 0 saturated carbocycles. The van der Waals surface area contributed by atoms with Gasteiger partial charge in [0.2, 0.25) is 0 Å². The van der Waals surface area contributed by atoms with Crippen LogP contribution >= 0.6 is 11.6 Å². The molecule has 0 atom stereocenters. The van der Waals surface area contributed by atoms with Crippen LogP contribution in [0.15, 0.2) is 48.5 Å². The quantitative estimate of drug-likeness (QED) is 0.714. The zero-order valence-electron chi connectivity index (χ0n) is 11.9. The van der Waals surface area contributed by atoms with Gasteiger partial charge in [-0.2, -0.15) is 0 Å². The maximum atomic E-state index is 10.8. The molecule has 2 rings (SSSR count). The molecule has 0 aliphatic carbocycles. The molecule has 0 unspecified atom stereocenters. The minimum atomic E-state index is -0.506. The first-order chi connectivity index (χ1) is 10.1. The summed E-state index contributed by atoms with van der Waals surface area (Å²) >= 11 is 6.00. The topological polar surface area (TPSA) is 64.4 Å².